The van der Waals surface area contributed by atoms with Crippen LogP contribution in [0.4, 0.5) is 0 Å². The minimum atomic E-state index is -3.75. The second kappa shape index (κ2) is 16.6. The predicted octanol–water partition coefficient (Wildman–Crippen LogP) is 7.25. The van der Waals surface area contributed by atoms with Gasteiger partial charge >= 0.3 is 0 Å². The number of benzene rings is 5. The Kier molecular flexibility index (Phi) is 12.2. The summed E-state index contributed by atoms with van der Waals surface area (Å²) < 4.78 is 47.0. The van der Waals surface area contributed by atoms with Crippen LogP contribution in [0, 0.1) is 0 Å². The molecule has 1 heterocycles. The molecule has 11 heteroatoms. The number of carbonyl (C=O) groups is 1. The van der Waals surface area contributed by atoms with Gasteiger partial charge in [-0.05, 0) is 51.2 Å². The molecule has 0 amide bonds. The van der Waals surface area contributed by atoms with Gasteiger partial charge in [-0.15, -0.1) is 0 Å². The molecular weight excluding hydrogens is 735 g/mol. The van der Waals surface area contributed by atoms with Gasteiger partial charge in [0.15, 0.2) is 11.5 Å². The zero-order chi connectivity index (χ0) is 38.5. The summed E-state index contributed by atoms with van der Waals surface area (Å²) >= 11 is 0.995. The molecule has 0 aromatic heterocycles. The fraction of sp³-hybridized carbons (Fsp3) is 0.279. The van der Waals surface area contributed by atoms with Gasteiger partial charge in [0, 0.05) is 12.6 Å². The molecule has 5 aromatic carbocycles. The largest absolute Gasteiger partial charge is 0.454 e. The van der Waals surface area contributed by atoms with Crippen LogP contribution in [0.25, 0.3) is 0 Å². The summed E-state index contributed by atoms with van der Waals surface area (Å²) in [5.74, 6) is 1.02. The molecule has 8 nitrogen and oxygen atoms in total. The number of thioether (sulfide) groups is 1. The van der Waals surface area contributed by atoms with Crippen molar-refractivity contribution >= 4 is 45.6 Å². The first-order valence-electron chi connectivity index (χ1n) is 17.9. The number of aliphatic hydroxyl groups excluding tert-OH is 1. The second-order valence-corrected chi connectivity index (χ2v) is 21.9. The summed E-state index contributed by atoms with van der Waals surface area (Å²) in [5, 5.41) is 12.7. The lowest BCUT2D eigenvalue weighted by atomic mass is 10.0. The van der Waals surface area contributed by atoms with Crippen molar-refractivity contribution in [2.24, 2.45) is 0 Å². The predicted molar refractivity (Wildman–Crippen MR) is 218 cm³/mol. The molecule has 0 saturated carbocycles. The Balaban J connectivity index is 1.48. The first-order chi connectivity index (χ1) is 25.8. The summed E-state index contributed by atoms with van der Waals surface area (Å²) in [6, 6.07) is 43.2. The quantitative estimate of drug-likeness (QED) is 0.118. The molecule has 0 saturated heterocycles. The Labute approximate surface area is 324 Å². The molecule has 0 aliphatic carbocycles. The number of rotatable bonds is 14. The van der Waals surface area contributed by atoms with Crippen molar-refractivity contribution in [3.63, 3.8) is 0 Å². The van der Waals surface area contributed by atoms with Gasteiger partial charge in [-0.2, -0.15) is 4.31 Å². The Morgan fingerprint density at radius 2 is 1.31 bits per heavy atom. The van der Waals surface area contributed by atoms with E-state index in [1.54, 1.807) is 18.2 Å². The fourth-order valence-corrected chi connectivity index (χ4v) is 14.3. The van der Waals surface area contributed by atoms with Crippen molar-refractivity contribution < 1.29 is 32.2 Å². The molecule has 5 aromatic rings. The minimum absolute atomic E-state index is 0.0577. The highest BCUT2D eigenvalue weighted by atomic mass is 32.2. The van der Waals surface area contributed by atoms with Crippen LogP contribution in [0.3, 0.4) is 0 Å². The van der Waals surface area contributed by atoms with Crippen molar-refractivity contribution in [3.8, 4) is 11.5 Å². The topological polar surface area (TPSA) is 102 Å². The van der Waals surface area contributed by atoms with E-state index in [9.17, 15) is 13.5 Å². The highest BCUT2D eigenvalue weighted by Crippen LogP contribution is 2.44. The number of sulfonamides is 1. The number of aliphatic hydroxyl groups is 1. The minimum Gasteiger partial charge on any atom is -0.454 e. The van der Waals surface area contributed by atoms with E-state index in [2.05, 4.69) is 20.8 Å². The van der Waals surface area contributed by atoms with E-state index in [1.165, 1.54) is 10.6 Å². The molecule has 54 heavy (non-hydrogen) atoms. The van der Waals surface area contributed by atoms with Crippen LogP contribution in [0.5, 0.6) is 11.5 Å². The molecular formula is C43H47NO7S2Si. The number of nitrogens with zero attached hydrogens (tertiary/aromatic N) is 1. The summed E-state index contributed by atoms with van der Waals surface area (Å²) in [4.78, 5) is 15.3. The maximum absolute atomic E-state index is 15.3. The van der Waals surface area contributed by atoms with Gasteiger partial charge in [-0.25, -0.2) is 8.42 Å². The third kappa shape index (κ3) is 8.51. The Morgan fingerprint density at radius 1 is 0.796 bits per heavy atom. The number of fused-ring (bicyclic) bond motifs is 1. The third-order valence-corrected chi connectivity index (χ3v) is 17.6. The van der Waals surface area contributed by atoms with E-state index in [-0.39, 0.29) is 13.3 Å². The fourth-order valence-electron chi connectivity index (χ4n) is 7.15. The van der Waals surface area contributed by atoms with Gasteiger partial charge in [0.1, 0.15) is 12.2 Å². The maximum atomic E-state index is 15.3. The van der Waals surface area contributed by atoms with Crippen molar-refractivity contribution in [1.82, 2.24) is 4.31 Å². The average molecular weight is 782 g/mol. The number of ether oxygens (including phenoxy) is 2. The van der Waals surface area contributed by atoms with E-state index >= 15 is 4.79 Å². The van der Waals surface area contributed by atoms with Crippen LogP contribution in [-0.2, 0) is 25.8 Å². The van der Waals surface area contributed by atoms with Crippen LogP contribution >= 0.6 is 11.8 Å². The van der Waals surface area contributed by atoms with Crippen LogP contribution in [0.1, 0.15) is 55.7 Å². The Morgan fingerprint density at radius 3 is 1.85 bits per heavy atom. The number of hydrogen-bond acceptors (Lipinski definition) is 8. The lowest BCUT2D eigenvalue weighted by Gasteiger charge is -2.45. The second-order valence-electron chi connectivity index (χ2n) is 14.6. The molecule has 1 N–H and O–H groups in total. The van der Waals surface area contributed by atoms with E-state index in [4.69, 9.17) is 13.9 Å². The zero-order valence-electron chi connectivity index (χ0n) is 31.2. The molecule has 6 rings (SSSR count). The van der Waals surface area contributed by atoms with Gasteiger partial charge in [0.25, 0.3) is 8.32 Å². The maximum Gasteiger partial charge on any atom is 0.262 e. The highest BCUT2D eigenvalue weighted by molar-refractivity contribution is 8.14. The van der Waals surface area contributed by atoms with Crippen molar-refractivity contribution in [2.75, 3.05) is 13.0 Å². The molecule has 0 radical (unpaired) electrons. The smallest absolute Gasteiger partial charge is 0.262 e. The summed E-state index contributed by atoms with van der Waals surface area (Å²) in [6.07, 6.45) is -1.59. The molecule has 282 valence electrons. The molecule has 0 bridgehead atoms. The first kappa shape index (κ1) is 39.5. The van der Waals surface area contributed by atoms with E-state index in [0.29, 0.717) is 17.1 Å². The Hall–Kier alpha value is -4.23. The highest BCUT2D eigenvalue weighted by Gasteiger charge is 2.54. The van der Waals surface area contributed by atoms with Crippen molar-refractivity contribution in [1.29, 1.82) is 0 Å². The molecule has 4 atom stereocenters. The van der Waals surface area contributed by atoms with Gasteiger partial charge in [-0.3, -0.25) is 4.79 Å². The molecule has 0 unspecified atom stereocenters. The van der Waals surface area contributed by atoms with E-state index in [0.717, 1.165) is 33.3 Å². The molecule has 1 aliphatic heterocycles. The third-order valence-electron chi connectivity index (χ3n) is 9.85. The van der Waals surface area contributed by atoms with Crippen molar-refractivity contribution in [3.05, 3.63) is 156 Å². The van der Waals surface area contributed by atoms with Crippen molar-refractivity contribution in [2.45, 2.75) is 62.8 Å². The summed E-state index contributed by atoms with van der Waals surface area (Å²) in [6.45, 7) is 8.35. The lowest BCUT2D eigenvalue weighted by Crippen LogP contribution is -2.68. The van der Waals surface area contributed by atoms with Gasteiger partial charge in [-0.1, -0.05) is 160 Å². The van der Waals surface area contributed by atoms with Gasteiger partial charge in [0.2, 0.25) is 21.9 Å². The van der Waals surface area contributed by atoms with Crippen LogP contribution in [0.15, 0.2) is 140 Å². The van der Waals surface area contributed by atoms with Crippen LogP contribution < -0.4 is 19.8 Å². The number of carbonyl (C=O) groups excluding carboxylic acids is 1. The normalized spacial score (nSPS) is 15.4. The average Bonchev–Trinajstić information content (AvgIpc) is 3.65. The van der Waals surface area contributed by atoms with E-state index < -0.39 is 52.0 Å². The summed E-state index contributed by atoms with van der Waals surface area (Å²) in [5.41, 5.74) is 2.03. The molecule has 0 fully saturated rings. The molecule has 1 aliphatic rings. The SMILES string of the molecule is C[C@H]([C@@H](SC(=O)[C@@H](O[Si](c1ccccc1)(c1ccccc1)C(C)(C)C)[C@@H](O)c1ccc2c(c1)OCO2)c1ccccc1)N(Cc1ccccc1)S(C)(=O)=O. The Bertz CT molecular complexity index is 2080. The summed E-state index contributed by atoms with van der Waals surface area (Å²) in [7, 11) is -7.16. The van der Waals surface area contributed by atoms with Gasteiger partial charge in [0.05, 0.1) is 11.5 Å². The molecule has 0 spiro atoms. The first-order valence-corrected chi connectivity index (χ1v) is 22.6. The van der Waals surface area contributed by atoms with Crippen LogP contribution in [0.2, 0.25) is 5.04 Å². The zero-order valence-corrected chi connectivity index (χ0v) is 33.8. The van der Waals surface area contributed by atoms with Gasteiger partial charge < -0.3 is 19.0 Å². The lowest BCUT2D eigenvalue weighted by molar-refractivity contribution is -0.122. The van der Waals surface area contributed by atoms with Crippen LogP contribution in [-0.4, -0.2) is 56.5 Å². The standard InChI is InChI=1S/C43H47NO7S2Si/c1-31(44(53(5,47)48)29-32-18-10-6-11-19-32)41(33-20-12-7-13-21-33)52-42(46)40(39(45)34-26-27-37-38(28-34)50-30-49-37)51-54(43(2,3)4,35-22-14-8-15-23-35)36-24-16-9-17-25-36/h6-28,31,39-41,45H,29-30H2,1-5H3/t31-,39+,40+,41-/m1/s1. The number of hydrogen-bond donors (Lipinski definition) is 1. The monoisotopic (exact) mass is 781 g/mol. The van der Waals surface area contributed by atoms with E-state index in [1.807, 2.05) is 128 Å².